The summed E-state index contributed by atoms with van der Waals surface area (Å²) in [6.07, 6.45) is 2.03. The Morgan fingerprint density at radius 3 is 2.57 bits per heavy atom. The first-order valence-electron chi connectivity index (χ1n) is 9.48. The first kappa shape index (κ1) is 20.5. The van der Waals surface area contributed by atoms with Crippen molar-refractivity contribution in [1.82, 2.24) is 14.9 Å². The first-order valence-corrected chi connectivity index (χ1v) is 11.0. The summed E-state index contributed by atoms with van der Waals surface area (Å²) in [5, 5.41) is 13.3. The van der Waals surface area contributed by atoms with Crippen LogP contribution in [0.1, 0.15) is 24.1 Å². The lowest BCUT2D eigenvalue weighted by Gasteiger charge is -2.31. The number of aliphatic hydroxyl groups is 1. The molecule has 0 radical (unpaired) electrons. The number of anilines is 1. The summed E-state index contributed by atoms with van der Waals surface area (Å²) in [6, 6.07) is 8.30. The minimum absolute atomic E-state index is 0.155. The SMILES string of the molecule is Cc1cc(-c2cc(-c3cc(S(=O)(=O)N[C@H]4C[C@H](O)C4)ccc3C)cnc2NN)on1. The summed E-state index contributed by atoms with van der Waals surface area (Å²) in [7, 11) is -3.71. The van der Waals surface area contributed by atoms with Crippen molar-refractivity contribution in [3.63, 3.8) is 0 Å². The molecule has 158 valence electrons. The fraction of sp³-hybridized carbons (Fsp3) is 0.300. The van der Waals surface area contributed by atoms with E-state index in [1.54, 1.807) is 30.5 Å². The highest BCUT2D eigenvalue weighted by molar-refractivity contribution is 7.89. The molecular weight excluding hydrogens is 406 g/mol. The molecule has 0 unspecified atom stereocenters. The topological polar surface area (TPSA) is 143 Å². The monoisotopic (exact) mass is 429 g/mol. The second kappa shape index (κ2) is 7.80. The van der Waals surface area contributed by atoms with E-state index in [9.17, 15) is 13.5 Å². The number of nitrogen functional groups attached to an aromatic ring is 1. The van der Waals surface area contributed by atoms with Crippen LogP contribution >= 0.6 is 0 Å². The average molecular weight is 430 g/mol. The van der Waals surface area contributed by atoms with Crippen molar-refractivity contribution in [3.8, 4) is 22.5 Å². The van der Waals surface area contributed by atoms with Gasteiger partial charge in [-0.3, -0.25) is 0 Å². The summed E-state index contributed by atoms with van der Waals surface area (Å²) in [5.41, 5.74) is 6.21. The maximum atomic E-state index is 12.8. The number of hydrogen-bond acceptors (Lipinski definition) is 8. The highest BCUT2D eigenvalue weighted by Gasteiger charge is 2.31. The number of nitrogens with zero attached hydrogens (tertiary/aromatic N) is 2. The van der Waals surface area contributed by atoms with E-state index in [1.165, 1.54) is 0 Å². The lowest BCUT2D eigenvalue weighted by Crippen LogP contribution is -2.46. The maximum absolute atomic E-state index is 12.8. The quantitative estimate of drug-likeness (QED) is 0.345. The van der Waals surface area contributed by atoms with Gasteiger partial charge in [0.05, 0.1) is 22.3 Å². The molecule has 9 nitrogen and oxygen atoms in total. The number of nitrogens with two attached hydrogens (primary N) is 1. The Morgan fingerprint density at radius 1 is 1.17 bits per heavy atom. The van der Waals surface area contributed by atoms with E-state index in [-0.39, 0.29) is 10.9 Å². The van der Waals surface area contributed by atoms with Crippen LogP contribution in [-0.4, -0.2) is 35.8 Å². The Kier molecular flexibility index (Phi) is 5.33. The number of benzene rings is 1. The minimum atomic E-state index is -3.71. The van der Waals surface area contributed by atoms with Gasteiger partial charge >= 0.3 is 0 Å². The second-order valence-corrected chi connectivity index (χ2v) is 9.23. The van der Waals surface area contributed by atoms with Crippen LogP contribution in [0.2, 0.25) is 0 Å². The van der Waals surface area contributed by atoms with Gasteiger partial charge in [-0.2, -0.15) is 0 Å². The highest BCUT2D eigenvalue weighted by Crippen LogP contribution is 2.33. The zero-order valence-corrected chi connectivity index (χ0v) is 17.4. The van der Waals surface area contributed by atoms with Crippen molar-refractivity contribution in [2.45, 2.75) is 43.7 Å². The number of rotatable bonds is 6. The van der Waals surface area contributed by atoms with Crippen LogP contribution in [0.25, 0.3) is 22.5 Å². The minimum Gasteiger partial charge on any atom is -0.393 e. The van der Waals surface area contributed by atoms with Crippen molar-refractivity contribution in [1.29, 1.82) is 0 Å². The molecule has 0 spiro atoms. The van der Waals surface area contributed by atoms with Crippen LogP contribution in [-0.2, 0) is 10.0 Å². The van der Waals surface area contributed by atoms with E-state index in [4.69, 9.17) is 10.4 Å². The van der Waals surface area contributed by atoms with Gasteiger partial charge in [0.15, 0.2) is 11.6 Å². The number of nitrogens with one attached hydrogen (secondary N) is 2. The van der Waals surface area contributed by atoms with Gasteiger partial charge in [0, 0.05) is 23.9 Å². The number of aromatic nitrogens is 2. The molecule has 0 bridgehead atoms. The van der Waals surface area contributed by atoms with Gasteiger partial charge in [0.25, 0.3) is 0 Å². The Morgan fingerprint density at radius 2 is 1.93 bits per heavy atom. The van der Waals surface area contributed by atoms with Crippen LogP contribution in [0.5, 0.6) is 0 Å². The van der Waals surface area contributed by atoms with E-state index in [1.807, 2.05) is 19.9 Å². The number of hydrogen-bond donors (Lipinski definition) is 4. The number of aliphatic hydroxyl groups excluding tert-OH is 1. The molecule has 2 heterocycles. The summed E-state index contributed by atoms with van der Waals surface area (Å²) in [6.45, 7) is 3.71. The molecule has 1 aliphatic carbocycles. The third kappa shape index (κ3) is 3.94. The van der Waals surface area contributed by atoms with Crippen LogP contribution in [0.3, 0.4) is 0 Å². The Balaban J connectivity index is 1.73. The summed E-state index contributed by atoms with van der Waals surface area (Å²) >= 11 is 0. The fourth-order valence-electron chi connectivity index (χ4n) is 3.46. The predicted octanol–water partition coefficient (Wildman–Crippen LogP) is 2.11. The third-order valence-corrected chi connectivity index (χ3v) is 6.70. The lowest BCUT2D eigenvalue weighted by atomic mass is 9.91. The summed E-state index contributed by atoms with van der Waals surface area (Å²) in [5.74, 6) is 6.51. The van der Waals surface area contributed by atoms with Crippen LogP contribution in [0.15, 0.2) is 45.9 Å². The van der Waals surface area contributed by atoms with Gasteiger partial charge in [0.1, 0.15) is 0 Å². The standard InChI is InChI=1S/C20H23N5O4S/c1-11-3-4-16(30(27,28)25-14-7-15(26)8-14)9-17(11)13-6-18(20(23-21)22-10-13)19-5-12(2)24-29-19/h3-6,9-10,14-15,25-26H,7-8,21H2,1-2H3,(H,22,23)/t14-,15-. The molecule has 4 rings (SSSR count). The number of aryl methyl sites for hydroxylation is 2. The first-order chi connectivity index (χ1) is 14.3. The molecule has 10 heteroatoms. The van der Waals surface area contributed by atoms with E-state index >= 15 is 0 Å². The molecule has 1 fully saturated rings. The zero-order chi connectivity index (χ0) is 21.5. The van der Waals surface area contributed by atoms with Crippen LogP contribution in [0, 0.1) is 13.8 Å². The van der Waals surface area contributed by atoms with Crippen molar-refractivity contribution < 1.29 is 18.0 Å². The fourth-order valence-corrected chi connectivity index (χ4v) is 4.74. The molecular formula is C20H23N5O4S. The summed E-state index contributed by atoms with van der Waals surface area (Å²) in [4.78, 5) is 4.51. The Hall–Kier alpha value is -2.79. The van der Waals surface area contributed by atoms with Crippen molar-refractivity contribution in [2.75, 3.05) is 5.43 Å². The van der Waals surface area contributed by atoms with E-state index in [0.29, 0.717) is 35.5 Å². The molecule has 1 aliphatic rings. The summed E-state index contributed by atoms with van der Waals surface area (Å²) < 4.78 is 33.5. The Bertz CT molecular complexity index is 1190. The second-order valence-electron chi connectivity index (χ2n) is 7.52. The molecule has 0 saturated heterocycles. The van der Waals surface area contributed by atoms with Gasteiger partial charge in [-0.05, 0) is 56.0 Å². The molecule has 5 N–H and O–H groups in total. The van der Waals surface area contributed by atoms with Crippen LogP contribution < -0.4 is 16.0 Å². The number of hydrazine groups is 1. The van der Waals surface area contributed by atoms with E-state index in [0.717, 1.165) is 16.8 Å². The van der Waals surface area contributed by atoms with Gasteiger partial charge in [-0.25, -0.2) is 24.0 Å². The normalized spacial score (nSPS) is 18.8. The van der Waals surface area contributed by atoms with Gasteiger partial charge in [-0.1, -0.05) is 11.2 Å². The van der Waals surface area contributed by atoms with Crippen molar-refractivity contribution >= 4 is 15.8 Å². The molecule has 1 aromatic carbocycles. The molecule has 2 aromatic heterocycles. The lowest BCUT2D eigenvalue weighted by molar-refractivity contribution is 0.0712. The third-order valence-electron chi connectivity index (χ3n) is 5.18. The molecule has 1 saturated carbocycles. The molecule has 30 heavy (non-hydrogen) atoms. The molecule has 0 aliphatic heterocycles. The van der Waals surface area contributed by atoms with Crippen molar-refractivity contribution in [2.24, 2.45) is 5.84 Å². The largest absolute Gasteiger partial charge is 0.393 e. The van der Waals surface area contributed by atoms with Gasteiger partial charge < -0.3 is 15.1 Å². The molecule has 3 aromatic rings. The zero-order valence-electron chi connectivity index (χ0n) is 16.6. The maximum Gasteiger partial charge on any atom is 0.240 e. The number of pyridine rings is 1. The molecule has 0 amide bonds. The smallest absolute Gasteiger partial charge is 0.240 e. The molecule has 0 atom stereocenters. The van der Waals surface area contributed by atoms with Crippen LogP contribution in [0.4, 0.5) is 5.82 Å². The van der Waals surface area contributed by atoms with E-state index in [2.05, 4.69) is 20.3 Å². The van der Waals surface area contributed by atoms with Gasteiger partial charge in [-0.15, -0.1) is 0 Å². The predicted molar refractivity (Wildman–Crippen MR) is 112 cm³/mol. The van der Waals surface area contributed by atoms with Gasteiger partial charge in [0.2, 0.25) is 10.0 Å². The number of sulfonamides is 1. The van der Waals surface area contributed by atoms with E-state index < -0.39 is 16.1 Å². The Labute approximate surface area is 174 Å². The van der Waals surface area contributed by atoms with Crippen molar-refractivity contribution in [3.05, 3.63) is 47.8 Å². The highest BCUT2D eigenvalue weighted by atomic mass is 32.2. The average Bonchev–Trinajstić information content (AvgIpc) is 3.12.